The van der Waals surface area contributed by atoms with E-state index in [2.05, 4.69) is 22.0 Å². The van der Waals surface area contributed by atoms with Crippen molar-refractivity contribution in [1.82, 2.24) is 0 Å². The quantitative estimate of drug-likeness (QED) is 0.808. The van der Waals surface area contributed by atoms with E-state index in [1.807, 2.05) is 17.0 Å². The molecule has 0 aliphatic carbocycles. The van der Waals surface area contributed by atoms with E-state index >= 15 is 0 Å². The number of unbranched alkanes of at least 4 members (excludes halogenated alkanes) is 2. The van der Waals surface area contributed by atoms with Gasteiger partial charge >= 0.3 is 5.97 Å². The molecule has 1 N–H and O–H groups in total. The third kappa shape index (κ3) is 3.82. The summed E-state index contributed by atoms with van der Waals surface area (Å²) in [5.74, 6) is -0.633. The van der Waals surface area contributed by atoms with Crippen molar-refractivity contribution in [2.24, 2.45) is 0 Å². The number of carbonyl (C=O) groups excluding carboxylic acids is 1. The second kappa shape index (κ2) is 6.88. The van der Waals surface area contributed by atoms with E-state index in [4.69, 9.17) is 5.11 Å². The summed E-state index contributed by atoms with van der Waals surface area (Å²) < 4.78 is 0.984. The summed E-state index contributed by atoms with van der Waals surface area (Å²) in [6.07, 6.45) is 3.78. The van der Waals surface area contributed by atoms with E-state index in [1.54, 1.807) is 0 Å². The molecular formula is C15H18BrNO3. The van der Waals surface area contributed by atoms with E-state index in [0.29, 0.717) is 12.8 Å². The molecule has 1 amide bonds. The third-order valence-corrected chi connectivity index (χ3v) is 4.02. The van der Waals surface area contributed by atoms with Gasteiger partial charge in [-0.25, -0.2) is 0 Å². The van der Waals surface area contributed by atoms with Gasteiger partial charge < -0.3 is 10.0 Å². The van der Waals surface area contributed by atoms with Crippen LogP contribution >= 0.6 is 15.9 Å². The number of benzene rings is 1. The van der Waals surface area contributed by atoms with Gasteiger partial charge in [-0.2, -0.15) is 0 Å². The number of fused-ring (bicyclic) bond motifs is 1. The maximum Gasteiger partial charge on any atom is 0.303 e. The van der Waals surface area contributed by atoms with Gasteiger partial charge in [0, 0.05) is 29.5 Å². The molecule has 1 heterocycles. The maximum absolute atomic E-state index is 12.2. The second-order valence-electron chi connectivity index (χ2n) is 5.02. The standard InChI is InChI=1S/C15H18BrNO3/c16-12-7-6-11-8-9-17(13(11)10-12)14(18)4-2-1-3-5-15(19)20/h6-7,10H,1-5,8-9H2,(H,19,20). The molecule has 0 saturated heterocycles. The number of carboxylic acid groups (broad SMARTS) is 1. The van der Waals surface area contributed by atoms with Crippen molar-refractivity contribution in [3.05, 3.63) is 28.2 Å². The Morgan fingerprint density at radius 2 is 1.95 bits per heavy atom. The Hall–Kier alpha value is -1.36. The van der Waals surface area contributed by atoms with Crippen LogP contribution in [0.25, 0.3) is 0 Å². The fourth-order valence-electron chi connectivity index (χ4n) is 2.48. The average Bonchev–Trinajstić information content (AvgIpc) is 2.80. The van der Waals surface area contributed by atoms with Crippen LogP contribution in [0.15, 0.2) is 22.7 Å². The van der Waals surface area contributed by atoms with Gasteiger partial charge in [0.05, 0.1) is 0 Å². The molecule has 0 spiro atoms. The lowest BCUT2D eigenvalue weighted by Crippen LogP contribution is -2.28. The van der Waals surface area contributed by atoms with Crippen LogP contribution in [-0.2, 0) is 16.0 Å². The van der Waals surface area contributed by atoms with Crippen molar-refractivity contribution in [3.8, 4) is 0 Å². The molecule has 0 radical (unpaired) electrons. The lowest BCUT2D eigenvalue weighted by Gasteiger charge is -2.17. The van der Waals surface area contributed by atoms with E-state index in [1.165, 1.54) is 5.56 Å². The number of halogens is 1. The van der Waals surface area contributed by atoms with Gasteiger partial charge in [-0.3, -0.25) is 9.59 Å². The lowest BCUT2D eigenvalue weighted by molar-refractivity contribution is -0.137. The smallest absolute Gasteiger partial charge is 0.303 e. The van der Waals surface area contributed by atoms with Gasteiger partial charge in [0.25, 0.3) is 0 Å². The summed E-state index contributed by atoms with van der Waals surface area (Å²) in [4.78, 5) is 24.5. The molecule has 1 aromatic rings. The van der Waals surface area contributed by atoms with Crippen molar-refractivity contribution in [2.75, 3.05) is 11.4 Å². The Kier molecular flexibility index (Phi) is 5.17. The molecule has 0 aromatic heterocycles. The molecule has 0 bridgehead atoms. The van der Waals surface area contributed by atoms with Gasteiger partial charge in [-0.1, -0.05) is 28.4 Å². The highest BCUT2D eigenvalue weighted by Crippen LogP contribution is 2.31. The first kappa shape index (κ1) is 15.0. The fraction of sp³-hybridized carbons (Fsp3) is 0.467. The first-order valence-corrected chi connectivity index (χ1v) is 7.68. The summed E-state index contributed by atoms with van der Waals surface area (Å²) in [6.45, 7) is 0.750. The minimum Gasteiger partial charge on any atom is -0.481 e. The Labute approximate surface area is 126 Å². The number of hydrogen-bond acceptors (Lipinski definition) is 2. The maximum atomic E-state index is 12.2. The van der Waals surface area contributed by atoms with Crippen LogP contribution in [0.2, 0.25) is 0 Å². The number of aliphatic carboxylic acids is 1. The summed E-state index contributed by atoms with van der Waals surface area (Å²) in [5.41, 5.74) is 2.22. The largest absolute Gasteiger partial charge is 0.481 e. The van der Waals surface area contributed by atoms with Crippen LogP contribution in [-0.4, -0.2) is 23.5 Å². The molecular weight excluding hydrogens is 322 g/mol. The van der Waals surface area contributed by atoms with Gasteiger partial charge in [0.2, 0.25) is 5.91 Å². The van der Waals surface area contributed by atoms with E-state index < -0.39 is 5.97 Å². The molecule has 4 nitrogen and oxygen atoms in total. The van der Waals surface area contributed by atoms with Gasteiger partial charge in [-0.15, -0.1) is 0 Å². The topological polar surface area (TPSA) is 57.6 Å². The van der Waals surface area contributed by atoms with Gasteiger partial charge in [-0.05, 0) is 37.0 Å². The zero-order valence-corrected chi connectivity index (χ0v) is 12.9. The Morgan fingerprint density at radius 1 is 1.20 bits per heavy atom. The summed E-state index contributed by atoms with van der Waals surface area (Å²) >= 11 is 3.43. The Balaban J connectivity index is 1.83. The predicted molar refractivity (Wildman–Crippen MR) is 80.9 cm³/mol. The predicted octanol–water partition coefficient (Wildman–Crippen LogP) is 3.37. The number of hydrogen-bond donors (Lipinski definition) is 1. The van der Waals surface area contributed by atoms with Crippen LogP contribution in [0.4, 0.5) is 5.69 Å². The van der Waals surface area contributed by atoms with E-state index in [0.717, 1.165) is 36.0 Å². The molecule has 1 aliphatic rings. The van der Waals surface area contributed by atoms with Crippen molar-refractivity contribution >= 4 is 33.5 Å². The molecule has 2 rings (SSSR count). The zero-order chi connectivity index (χ0) is 14.5. The highest BCUT2D eigenvalue weighted by Gasteiger charge is 2.24. The minimum atomic E-state index is -0.769. The minimum absolute atomic E-state index is 0.136. The van der Waals surface area contributed by atoms with Crippen LogP contribution in [0.5, 0.6) is 0 Å². The SMILES string of the molecule is O=C(O)CCCCCC(=O)N1CCc2ccc(Br)cc21. The normalized spacial score (nSPS) is 13.3. The van der Waals surface area contributed by atoms with Crippen LogP contribution in [0.1, 0.15) is 37.7 Å². The first-order chi connectivity index (χ1) is 9.58. The summed E-state index contributed by atoms with van der Waals surface area (Å²) in [7, 11) is 0. The highest BCUT2D eigenvalue weighted by molar-refractivity contribution is 9.10. The van der Waals surface area contributed by atoms with Crippen molar-refractivity contribution in [2.45, 2.75) is 38.5 Å². The van der Waals surface area contributed by atoms with Gasteiger partial charge in [0.15, 0.2) is 0 Å². The van der Waals surface area contributed by atoms with Crippen molar-refractivity contribution in [3.63, 3.8) is 0 Å². The monoisotopic (exact) mass is 339 g/mol. The average molecular weight is 340 g/mol. The van der Waals surface area contributed by atoms with Crippen molar-refractivity contribution in [1.29, 1.82) is 0 Å². The van der Waals surface area contributed by atoms with E-state index in [-0.39, 0.29) is 12.3 Å². The fourth-order valence-corrected chi connectivity index (χ4v) is 2.82. The molecule has 1 aromatic carbocycles. The number of carboxylic acids is 1. The zero-order valence-electron chi connectivity index (χ0n) is 11.3. The Bertz CT molecular complexity index is 516. The lowest BCUT2D eigenvalue weighted by atomic mass is 10.1. The molecule has 0 unspecified atom stereocenters. The number of rotatable bonds is 6. The number of anilines is 1. The number of amides is 1. The molecule has 0 atom stereocenters. The highest BCUT2D eigenvalue weighted by atomic mass is 79.9. The van der Waals surface area contributed by atoms with Gasteiger partial charge in [0.1, 0.15) is 0 Å². The summed E-state index contributed by atoms with van der Waals surface area (Å²) in [5, 5.41) is 8.55. The second-order valence-corrected chi connectivity index (χ2v) is 5.94. The van der Waals surface area contributed by atoms with Crippen LogP contribution in [0.3, 0.4) is 0 Å². The Morgan fingerprint density at radius 3 is 2.70 bits per heavy atom. The van der Waals surface area contributed by atoms with E-state index in [9.17, 15) is 9.59 Å². The summed E-state index contributed by atoms with van der Waals surface area (Å²) in [6, 6.07) is 6.04. The van der Waals surface area contributed by atoms with Crippen LogP contribution in [0, 0.1) is 0 Å². The molecule has 5 heteroatoms. The number of nitrogens with zero attached hydrogens (tertiary/aromatic N) is 1. The van der Waals surface area contributed by atoms with Crippen molar-refractivity contribution < 1.29 is 14.7 Å². The first-order valence-electron chi connectivity index (χ1n) is 6.88. The molecule has 0 saturated carbocycles. The number of carbonyl (C=O) groups is 2. The third-order valence-electron chi connectivity index (χ3n) is 3.53. The molecule has 20 heavy (non-hydrogen) atoms. The molecule has 0 fully saturated rings. The molecule has 108 valence electrons. The molecule has 1 aliphatic heterocycles. The van der Waals surface area contributed by atoms with Crippen LogP contribution < -0.4 is 4.90 Å².